The van der Waals surface area contributed by atoms with Crippen LogP contribution in [0.3, 0.4) is 0 Å². The monoisotopic (exact) mass is 287 g/mol. The van der Waals surface area contributed by atoms with Crippen molar-refractivity contribution in [1.82, 2.24) is 5.32 Å². The first-order valence-corrected chi connectivity index (χ1v) is 8.70. The van der Waals surface area contributed by atoms with E-state index in [0.29, 0.717) is 6.04 Å². The van der Waals surface area contributed by atoms with Crippen LogP contribution in [0.15, 0.2) is 24.3 Å². The Balaban J connectivity index is 2.05. The van der Waals surface area contributed by atoms with E-state index in [1.807, 2.05) is 0 Å². The summed E-state index contributed by atoms with van der Waals surface area (Å²) in [5.41, 5.74) is 3.20. The van der Waals surface area contributed by atoms with Crippen LogP contribution in [0, 0.1) is 11.8 Å². The van der Waals surface area contributed by atoms with E-state index >= 15 is 0 Å². The van der Waals surface area contributed by atoms with Crippen LogP contribution in [-0.2, 0) is 11.8 Å². The molecule has 0 heterocycles. The number of hydrogen-bond acceptors (Lipinski definition) is 1. The van der Waals surface area contributed by atoms with E-state index in [-0.39, 0.29) is 5.41 Å². The number of hydrogen-bond donors (Lipinski definition) is 1. The molecule has 0 saturated heterocycles. The molecular formula is C20H33N. The molecule has 0 aliphatic heterocycles. The Bertz CT molecular complexity index is 426. The number of rotatable bonds is 4. The third kappa shape index (κ3) is 4.32. The van der Waals surface area contributed by atoms with Gasteiger partial charge in [-0.1, -0.05) is 58.4 Å². The average molecular weight is 287 g/mol. The zero-order valence-corrected chi connectivity index (χ0v) is 14.6. The molecule has 3 unspecified atom stereocenters. The molecule has 1 aromatic carbocycles. The van der Waals surface area contributed by atoms with Crippen molar-refractivity contribution >= 4 is 0 Å². The lowest BCUT2D eigenvalue weighted by Crippen LogP contribution is -2.39. The normalized spacial score (nSPS) is 26.8. The molecule has 1 aromatic rings. The van der Waals surface area contributed by atoms with Crippen molar-refractivity contribution in [3.05, 3.63) is 35.4 Å². The summed E-state index contributed by atoms with van der Waals surface area (Å²) in [5, 5.41) is 3.55. The van der Waals surface area contributed by atoms with Crippen LogP contribution >= 0.6 is 0 Å². The Labute approximate surface area is 131 Å². The second-order valence-electron chi connectivity index (χ2n) is 7.89. The van der Waals surface area contributed by atoms with Crippen molar-refractivity contribution in [1.29, 1.82) is 0 Å². The van der Waals surface area contributed by atoms with Crippen LogP contribution in [-0.4, -0.2) is 13.1 Å². The lowest BCUT2D eigenvalue weighted by molar-refractivity contribution is 0.205. The summed E-state index contributed by atoms with van der Waals surface area (Å²) >= 11 is 0. The van der Waals surface area contributed by atoms with Gasteiger partial charge in [0.25, 0.3) is 0 Å². The van der Waals surface area contributed by atoms with Gasteiger partial charge in [-0.25, -0.2) is 0 Å². The molecular weight excluding hydrogens is 254 g/mol. The molecule has 1 aliphatic rings. The van der Waals surface area contributed by atoms with Gasteiger partial charge in [0.15, 0.2) is 0 Å². The molecule has 0 aromatic heterocycles. The van der Waals surface area contributed by atoms with Gasteiger partial charge in [-0.15, -0.1) is 0 Å². The Morgan fingerprint density at radius 1 is 1.10 bits per heavy atom. The van der Waals surface area contributed by atoms with E-state index < -0.39 is 0 Å². The molecule has 0 bridgehead atoms. The van der Waals surface area contributed by atoms with E-state index in [1.165, 1.54) is 43.2 Å². The molecule has 118 valence electrons. The Hall–Kier alpha value is -0.820. The molecule has 3 atom stereocenters. The molecule has 1 nitrogen and oxygen atoms in total. The highest BCUT2D eigenvalue weighted by molar-refractivity contribution is 5.28. The standard InChI is InChI=1S/C20H33N/c1-6-15-9-12-19(21-5)17(13-15)14-16-7-10-18(11-8-16)20(2,3)4/h7-8,10-11,15,17,19,21H,6,9,12-14H2,1-5H3. The van der Waals surface area contributed by atoms with Crippen LogP contribution in [0.1, 0.15) is 64.5 Å². The van der Waals surface area contributed by atoms with Gasteiger partial charge in [0.1, 0.15) is 0 Å². The summed E-state index contributed by atoms with van der Waals surface area (Å²) in [6, 6.07) is 10.1. The molecule has 1 saturated carbocycles. The smallest absolute Gasteiger partial charge is 0.00957 e. The summed E-state index contributed by atoms with van der Waals surface area (Å²) < 4.78 is 0. The van der Waals surface area contributed by atoms with Crippen molar-refractivity contribution in [2.24, 2.45) is 11.8 Å². The SMILES string of the molecule is CCC1CCC(NC)C(Cc2ccc(C(C)(C)C)cc2)C1. The van der Waals surface area contributed by atoms with Crippen LogP contribution in [0.25, 0.3) is 0 Å². The van der Waals surface area contributed by atoms with E-state index in [9.17, 15) is 0 Å². The zero-order valence-electron chi connectivity index (χ0n) is 14.6. The van der Waals surface area contributed by atoms with Gasteiger partial charge in [-0.2, -0.15) is 0 Å². The van der Waals surface area contributed by atoms with Gasteiger partial charge < -0.3 is 5.32 Å². The Morgan fingerprint density at radius 3 is 2.29 bits per heavy atom. The van der Waals surface area contributed by atoms with E-state index in [4.69, 9.17) is 0 Å². The maximum atomic E-state index is 3.55. The van der Waals surface area contributed by atoms with Gasteiger partial charge in [-0.3, -0.25) is 0 Å². The van der Waals surface area contributed by atoms with E-state index in [0.717, 1.165) is 11.8 Å². The summed E-state index contributed by atoms with van der Waals surface area (Å²) in [6.45, 7) is 9.20. The van der Waals surface area contributed by atoms with Crippen molar-refractivity contribution in [3.8, 4) is 0 Å². The van der Waals surface area contributed by atoms with Crippen LogP contribution in [0.2, 0.25) is 0 Å². The first-order chi connectivity index (χ1) is 9.94. The second-order valence-corrected chi connectivity index (χ2v) is 7.89. The summed E-state index contributed by atoms with van der Waals surface area (Å²) in [6.07, 6.45) is 6.71. The van der Waals surface area contributed by atoms with Crippen LogP contribution in [0.4, 0.5) is 0 Å². The molecule has 21 heavy (non-hydrogen) atoms. The molecule has 2 rings (SSSR count). The quantitative estimate of drug-likeness (QED) is 0.827. The van der Waals surface area contributed by atoms with Gasteiger partial charge in [0.05, 0.1) is 0 Å². The minimum atomic E-state index is 0.254. The Kier molecular flexibility index (Phi) is 5.48. The maximum Gasteiger partial charge on any atom is 0.00957 e. The molecule has 1 fully saturated rings. The Morgan fingerprint density at radius 2 is 1.76 bits per heavy atom. The van der Waals surface area contributed by atoms with Gasteiger partial charge in [0.2, 0.25) is 0 Å². The molecule has 1 aliphatic carbocycles. The lowest BCUT2D eigenvalue weighted by Gasteiger charge is -2.36. The average Bonchev–Trinajstić information content (AvgIpc) is 2.46. The summed E-state index contributed by atoms with van der Waals surface area (Å²) in [5.74, 6) is 1.74. The topological polar surface area (TPSA) is 12.0 Å². The predicted molar refractivity (Wildman–Crippen MR) is 92.8 cm³/mol. The third-order valence-electron chi connectivity index (χ3n) is 5.36. The summed E-state index contributed by atoms with van der Waals surface area (Å²) in [7, 11) is 2.13. The van der Waals surface area contributed by atoms with Gasteiger partial charge in [0, 0.05) is 6.04 Å². The fraction of sp³-hybridized carbons (Fsp3) is 0.700. The summed E-state index contributed by atoms with van der Waals surface area (Å²) in [4.78, 5) is 0. The number of benzene rings is 1. The van der Waals surface area contributed by atoms with Gasteiger partial charge in [-0.05, 0) is 61.1 Å². The highest BCUT2D eigenvalue weighted by Crippen LogP contribution is 2.33. The van der Waals surface area contributed by atoms with Gasteiger partial charge >= 0.3 is 0 Å². The molecule has 1 heteroatoms. The fourth-order valence-corrected chi connectivity index (χ4v) is 3.78. The van der Waals surface area contributed by atoms with E-state index in [2.05, 4.69) is 64.3 Å². The number of nitrogens with one attached hydrogen (secondary N) is 1. The minimum Gasteiger partial charge on any atom is -0.317 e. The maximum absolute atomic E-state index is 3.55. The molecule has 1 N–H and O–H groups in total. The largest absolute Gasteiger partial charge is 0.317 e. The second kappa shape index (κ2) is 6.96. The third-order valence-corrected chi connectivity index (χ3v) is 5.36. The lowest BCUT2D eigenvalue weighted by atomic mass is 9.74. The van der Waals surface area contributed by atoms with E-state index in [1.54, 1.807) is 0 Å². The van der Waals surface area contributed by atoms with Crippen molar-refractivity contribution in [2.75, 3.05) is 7.05 Å². The first kappa shape index (κ1) is 16.5. The van der Waals surface area contributed by atoms with Crippen molar-refractivity contribution in [2.45, 2.75) is 71.3 Å². The van der Waals surface area contributed by atoms with Crippen molar-refractivity contribution < 1.29 is 0 Å². The van der Waals surface area contributed by atoms with Crippen LogP contribution < -0.4 is 5.32 Å². The fourth-order valence-electron chi connectivity index (χ4n) is 3.78. The first-order valence-electron chi connectivity index (χ1n) is 8.70. The van der Waals surface area contributed by atoms with Crippen LogP contribution in [0.5, 0.6) is 0 Å². The molecule has 0 amide bonds. The highest BCUT2D eigenvalue weighted by Gasteiger charge is 2.28. The highest BCUT2D eigenvalue weighted by atomic mass is 14.9. The zero-order chi connectivity index (χ0) is 15.5. The molecule has 0 spiro atoms. The predicted octanol–water partition coefficient (Wildman–Crippen LogP) is 4.94. The minimum absolute atomic E-state index is 0.254. The molecule has 0 radical (unpaired) electrons. The van der Waals surface area contributed by atoms with Crippen molar-refractivity contribution in [3.63, 3.8) is 0 Å².